The van der Waals surface area contributed by atoms with Gasteiger partial charge in [0.05, 0.1) is 18.8 Å². The average Bonchev–Trinajstić information content (AvgIpc) is 3.15. The van der Waals surface area contributed by atoms with E-state index in [1.54, 1.807) is 6.08 Å². The van der Waals surface area contributed by atoms with E-state index in [2.05, 4.69) is 67.8 Å². The number of aliphatic hydroxyl groups is 2. The van der Waals surface area contributed by atoms with Crippen molar-refractivity contribution in [3.8, 4) is 0 Å². The van der Waals surface area contributed by atoms with Crippen LogP contribution >= 0.6 is 0 Å². The van der Waals surface area contributed by atoms with Crippen LogP contribution in [0.2, 0.25) is 0 Å². The number of allylic oxidation sites excluding steroid dienone is 9. The Bertz CT molecular complexity index is 873. The highest BCUT2D eigenvalue weighted by Crippen LogP contribution is 2.14. The number of nitrogens with one attached hydrogen (secondary N) is 1. The van der Waals surface area contributed by atoms with Crippen LogP contribution in [-0.2, 0) is 4.79 Å². The molecular weight excluding hydrogens is 639 g/mol. The predicted molar refractivity (Wildman–Crippen MR) is 230 cm³/mol. The number of aliphatic hydroxyl groups excluding tert-OH is 2. The Labute approximate surface area is 324 Å². The van der Waals surface area contributed by atoms with E-state index in [1.807, 2.05) is 6.08 Å². The summed E-state index contributed by atoms with van der Waals surface area (Å²) in [5.74, 6) is -0.0935. The zero-order valence-corrected chi connectivity index (χ0v) is 34.6. The van der Waals surface area contributed by atoms with Gasteiger partial charge < -0.3 is 15.5 Å². The molecule has 52 heavy (non-hydrogen) atoms. The third-order valence-corrected chi connectivity index (χ3v) is 9.95. The SMILES string of the molecule is CCCCC/C=C\C/C=C\CCCCCCCC(=O)NC(CO)C(O)/C=C/CC/C=C/CC/C=C/CCCCCCCCCCCCCCCCC. The Morgan fingerprint density at radius 3 is 1.27 bits per heavy atom. The van der Waals surface area contributed by atoms with Crippen molar-refractivity contribution in [2.45, 2.75) is 231 Å². The van der Waals surface area contributed by atoms with Crippen molar-refractivity contribution >= 4 is 5.91 Å². The number of amides is 1. The first kappa shape index (κ1) is 50.1. The highest BCUT2D eigenvalue weighted by Gasteiger charge is 2.17. The first-order valence-corrected chi connectivity index (χ1v) is 22.5. The molecule has 2 atom stereocenters. The Hall–Kier alpha value is -1.91. The lowest BCUT2D eigenvalue weighted by molar-refractivity contribution is -0.123. The van der Waals surface area contributed by atoms with Crippen LogP contribution in [0.1, 0.15) is 219 Å². The predicted octanol–water partition coefficient (Wildman–Crippen LogP) is 14.1. The standard InChI is InChI=1S/C48H87NO3/c1-3-5-7-9-11-13-15-17-19-20-21-22-23-24-25-26-27-28-30-31-33-35-37-39-41-43-47(51)46(45-50)49-48(52)44-42-40-38-36-34-32-29-18-16-14-12-10-8-6-4-2/h12,14,18,27-29,33,35,41,43,46-47,50-51H,3-11,13,15-17,19-26,30-32,34,36-40,42,44-45H2,1-2H3,(H,49,52)/b14-12-,28-27+,29-18-,35-33+,43-41+. The maximum Gasteiger partial charge on any atom is 0.220 e. The van der Waals surface area contributed by atoms with Crippen LogP contribution in [0.25, 0.3) is 0 Å². The highest BCUT2D eigenvalue weighted by atomic mass is 16.3. The van der Waals surface area contributed by atoms with Gasteiger partial charge in [0.1, 0.15) is 0 Å². The quantitative estimate of drug-likeness (QED) is 0.0435. The second-order valence-corrected chi connectivity index (χ2v) is 15.1. The van der Waals surface area contributed by atoms with Gasteiger partial charge in [-0.1, -0.05) is 197 Å². The normalized spacial score (nSPS) is 13.5. The van der Waals surface area contributed by atoms with E-state index in [0.717, 1.165) is 57.8 Å². The van der Waals surface area contributed by atoms with Gasteiger partial charge >= 0.3 is 0 Å². The molecule has 0 aliphatic rings. The third kappa shape index (κ3) is 39.3. The van der Waals surface area contributed by atoms with Gasteiger partial charge in [0.15, 0.2) is 0 Å². The summed E-state index contributed by atoms with van der Waals surface area (Å²) in [6.07, 6.45) is 60.5. The summed E-state index contributed by atoms with van der Waals surface area (Å²) in [6.45, 7) is 4.26. The van der Waals surface area contributed by atoms with Crippen LogP contribution in [0.15, 0.2) is 60.8 Å². The van der Waals surface area contributed by atoms with Gasteiger partial charge in [-0.05, 0) is 77.0 Å². The molecule has 0 aromatic carbocycles. The van der Waals surface area contributed by atoms with Crippen molar-refractivity contribution in [3.63, 3.8) is 0 Å². The van der Waals surface area contributed by atoms with Gasteiger partial charge in [-0.3, -0.25) is 4.79 Å². The minimum absolute atomic E-state index is 0.0935. The molecule has 0 aromatic heterocycles. The molecule has 4 heteroatoms. The van der Waals surface area contributed by atoms with E-state index in [1.165, 1.54) is 141 Å². The Balaban J connectivity index is 3.65. The van der Waals surface area contributed by atoms with Crippen molar-refractivity contribution in [1.82, 2.24) is 5.32 Å². The van der Waals surface area contributed by atoms with E-state index in [0.29, 0.717) is 6.42 Å². The van der Waals surface area contributed by atoms with E-state index < -0.39 is 12.1 Å². The Morgan fingerprint density at radius 2 is 0.808 bits per heavy atom. The summed E-state index contributed by atoms with van der Waals surface area (Å²) < 4.78 is 0. The molecule has 0 radical (unpaired) electrons. The number of carbonyl (C=O) groups excluding carboxylic acids is 1. The summed E-state index contributed by atoms with van der Waals surface area (Å²) in [5, 5.41) is 23.0. The highest BCUT2D eigenvalue weighted by molar-refractivity contribution is 5.76. The lowest BCUT2D eigenvalue weighted by Crippen LogP contribution is -2.45. The molecule has 2 unspecified atom stereocenters. The van der Waals surface area contributed by atoms with Gasteiger partial charge in [-0.2, -0.15) is 0 Å². The number of unbranched alkanes of at least 4 members (excludes halogenated alkanes) is 25. The minimum Gasteiger partial charge on any atom is -0.394 e. The van der Waals surface area contributed by atoms with E-state index in [-0.39, 0.29) is 12.5 Å². The van der Waals surface area contributed by atoms with Crippen molar-refractivity contribution in [3.05, 3.63) is 60.8 Å². The molecule has 0 spiro atoms. The first-order chi connectivity index (χ1) is 25.7. The Kier molecular flexibility index (Phi) is 41.9. The molecule has 3 N–H and O–H groups in total. The second kappa shape index (κ2) is 43.5. The van der Waals surface area contributed by atoms with Gasteiger partial charge in [-0.25, -0.2) is 0 Å². The molecule has 0 saturated heterocycles. The monoisotopic (exact) mass is 726 g/mol. The van der Waals surface area contributed by atoms with Gasteiger partial charge in [0.2, 0.25) is 5.91 Å². The van der Waals surface area contributed by atoms with Crippen LogP contribution in [0.3, 0.4) is 0 Å². The zero-order chi connectivity index (χ0) is 37.8. The molecule has 0 aliphatic carbocycles. The van der Waals surface area contributed by atoms with Gasteiger partial charge in [0, 0.05) is 6.42 Å². The minimum atomic E-state index is -0.878. The van der Waals surface area contributed by atoms with Crippen LogP contribution in [0.5, 0.6) is 0 Å². The van der Waals surface area contributed by atoms with Crippen LogP contribution < -0.4 is 5.32 Å². The molecule has 302 valence electrons. The molecule has 0 rings (SSSR count). The van der Waals surface area contributed by atoms with Crippen molar-refractivity contribution < 1.29 is 15.0 Å². The fourth-order valence-electron chi connectivity index (χ4n) is 6.47. The zero-order valence-electron chi connectivity index (χ0n) is 34.6. The van der Waals surface area contributed by atoms with Crippen molar-refractivity contribution in [1.29, 1.82) is 0 Å². The molecule has 1 amide bonds. The molecule has 0 bridgehead atoms. The molecule has 0 aromatic rings. The van der Waals surface area contributed by atoms with Crippen molar-refractivity contribution in [2.75, 3.05) is 6.61 Å². The smallest absolute Gasteiger partial charge is 0.220 e. The van der Waals surface area contributed by atoms with Gasteiger partial charge in [-0.15, -0.1) is 0 Å². The lowest BCUT2D eigenvalue weighted by Gasteiger charge is -2.19. The number of carbonyl (C=O) groups is 1. The fourth-order valence-corrected chi connectivity index (χ4v) is 6.47. The summed E-state index contributed by atoms with van der Waals surface area (Å²) >= 11 is 0. The second-order valence-electron chi connectivity index (χ2n) is 15.1. The molecule has 0 aliphatic heterocycles. The maximum absolute atomic E-state index is 12.4. The molecule has 0 saturated carbocycles. The summed E-state index contributed by atoms with van der Waals surface area (Å²) in [5.41, 5.74) is 0. The van der Waals surface area contributed by atoms with Crippen LogP contribution in [0, 0.1) is 0 Å². The number of rotatable bonds is 40. The molecule has 0 fully saturated rings. The Morgan fingerprint density at radius 1 is 0.462 bits per heavy atom. The number of hydrogen-bond donors (Lipinski definition) is 3. The van der Waals surface area contributed by atoms with Crippen molar-refractivity contribution in [2.24, 2.45) is 0 Å². The number of hydrogen-bond acceptors (Lipinski definition) is 3. The van der Waals surface area contributed by atoms with E-state index in [4.69, 9.17) is 0 Å². The summed E-state index contributed by atoms with van der Waals surface area (Å²) in [4.78, 5) is 12.4. The lowest BCUT2D eigenvalue weighted by atomic mass is 10.0. The third-order valence-electron chi connectivity index (χ3n) is 9.95. The summed E-state index contributed by atoms with van der Waals surface area (Å²) in [6, 6.07) is -0.654. The van der Waals surface area contributed by atoms with E-state index >= 15 is 0 Å². The topological polar surface area (TPSA) is 69.6 Å². The maximum atomic E-state index is 12.4. The van der Waals surface area contributed by atoms with E-state index in [9.17, 15) is 15.0 Å². The molecule has 4 nitrogen and oxygen atoms in total. The van der Waals surface area contributed by atoms with Crippen LogP contribution in [0.4, 0.5) is 0 Å². The van der Waals surface area contributed by atoms with Gasteiger partial charge in [0.25, 0.3) is 0 Å². The van der Waals surface area contributed by atoms with Crippen LogP contribution in [-0.4, -0.2) is 34.9 Å². The largest absolute Gasteiger partial charge is 0.394 e. The average molecular weight is 726 g/mol. The molecule has 0 heterocycles. The summed E-state index contributed by atoms with van der Waals surface area (Å²) in [7, 11) is 0. The molecular formula is C48H87NO3. The first-order valence-electron chi connectivity index (χ1n) is 22.5. The fraction of sp³-hybridized carbons (Fsp3) is 0.771.